The van der Waals surface area contributed by atoms with Crippen molar-refractivity contribution in [2.24, 2.45) is 0 Å². The van der Waals surface area contributed by atoms with Gasteiger partial charge in [0.15, 0.2) is 0 Å². The van der Waals surface area contributed by atoms with Crippen LogP contribution in [0, 0.1) is 6.92 Å². The molecule has 1 aliphatic heterocycles. The van der Waals surface area contributed by atoms with Gasteiger partial charge in [0.05, 0.1) is 13.2 Å². The molecule has 0 saturated heterocycles. The Morgan fingerprint density at radius 1 is 1.60 bits per heavy atom. The minimum Gasteiger partial charge on any atom is -0.318 e. The van der Waals surface area contributed by atoms with Crippen molar-refractivity contribution in [1.29, 1.82) is 0 Å². The summed E-state index contributed by atoms with van der Waals surface area (Å²) in [5.74, 6) is 1.19. The van der Waals surface area contributed by atoms with Crippen molar-refractivity contribution in [1.82, 2.24) is 14.5 Å². The van der Waals surface area contributed by atoms with Crippen LogP contribution in [0.15, 0.2) is 6.20 Å². The highest BCUT2D eigenvalue weighted by Crippen LogP contribution is 2.13. The molecule has 0 spiro atoms. The van der Waals surface area contributed by atoms with Crippen molar-refractivity contribution >= 4 is 0 Å². The van der Waals surface area contributed by atoms with Gasteiger partial charge in [0.2, 0.25) is 0 Å². The van der Waals surface area contributed by atoms with E-state index in [2.05, 4.69) is 28.4 Å². The Labute approximate surface area is 60.3 Å². The van der Waals surface area contributed by atoms with Crippen molar-refractivity contribution in [3.05, 3.63) is 17.7 Å². The van der Waals surface area contributed by atoms with Crippen LogP contribution in [0.3, 0.4) is 0 Å². The third-order valence-electron chi connectivity index (χ3n) is 1.93. The summed E-state index contributed by atoms with van der Waals surface area (Å²) in [5.41, 5.74) is 1.26. The number of fused-ring (bicyclic) bond motifs is 1. The SMILES string of the molecule is Cc1cnc2n1CN(C)C2. The third-order valence-corrected chi connectivity index (χ3v) is 1.93. The summed E-state index contributed by atoms with van der Waals surface area (Å²) in [7, 11) is 2.11. The second kappa shape index (κ2) is 1.83. The fraction of sp³-hybridized carbons (Fsp3) is 0.571. The summed E-state index contributed by atoms with van der Waals surface area (Å²) in [4.78, 5) is 6.51. The second-order valence-corrected chi connectivity index (χ2v) is 2.90. The Hall–Kier alpha value is -0.830. The predicted molar refractivity (Wildman–Crippen MR) is 38.4 cm³/mol. The highest BCUT2D eigenvalue weighted by molar-refractivity contribution is 5.05. The van der Waals surface area contributed by atoms with E-state index in [1.807, 2.05) is 6.20 Å². The lowest BCUT2D eigenvalue weighted by Crippen LogP contribution is -2.11. The van der Waals surface area contributed by atoms with Crippen LogP contribution in [0.1, 0.15) is 11.5 Å². The van der Waals surface area contributed by atoms with Gasteiger partial charge in [-0.1, -0.05) is 0 Å². The van der Waals surface area contributed by atoms with E-state index in [1.54, 1.807) is 0 Å². The molecule has 10 heavy (non-hydrogen) atoms. The van der Waals surface area contributed by atoms with E-state index in [9.17, 15) is 0 Å². The summed E-state index contributed by atoms with van der Waals surface area (Å²) in [6.07, 6.45) is 1.93. The van der Waals surface area contributed by atoms with E-state index >= 15 is 0 Å². The summed E-state index contributed by atoms with van der Waals surface area (Å²) in [5, 5.41) is 0. The summed E-state index contributed by atoms with van der Waals surface area (Å²) in [6.45, 7) is 4.09. The zero-order valence-electron chi connectivity index (χ0n) is 6.33. The first kappa shape index (κ1) is 5.92. The number of imidazole rings is 1. The van der Waals surface area contributed by atoms with Crippen LogP contribution < -0.4 is 0 Å². The van der Waals surface area contributed by atoms with Gasteiger partial charge in [-0.3, -0.25) is 4.90 Å². The van der Waals surface area contributed by atoms with Gasteiger partial charge in [-0.2, -0.15) is 0 Å². The molecule has 0 radical (unpaired) electrons. The molecule has 0 aliphatic carbocycles. The number of aryl methyl sites for hydroxylation is 1. The van der Waals surface area contributed by atoms with E-state index in [0.29, 0.717) is 0 Å². The van der Waals surface area contributed by atoms with Crippen molar-refractivity contribution in [3.63, 3.8) is 0 Å². The van der Waals surface area contributed by atoms with Crippen LogP contribution in [0.5, 0.6) is 0 Å². The largest absolute Gasteiger partial charge is 0.318 e. The Balaban J connectivity index is 2.44. The Kier molecular flexibility index (Phi) is 1.08. The fourth-order valence-electron chi connectivity index (χ4n) is 1.36. The normalized spacial score (nSPS) is 17.8. The van der Waals surface area contributed by atoms with Crippen LogP contribution in [0.25, 0.3) is 0 Å². The molecule has 2 rings (SSSR count). The summed E-state index contributed by atoms with van der Waals surface area (Å²) < 4.78 is 2.24. The molecule has 0 atom stereocenters. The first-order chi connectivity index (χ1) is 4.77. The van der Waals surface area contributed by atoms with E-state index in [-0.39, 0.29) is 0 Å². The minimum atomic E-state index is 0.994. The molecule has 1 aromatic rings. The van der Waals surface area contributed by atoms with E-state index < -0.39 is 0 Å². The second-order valence-electron chi connectivity index (χ2n) is 2.90. The molecule has 1 aliphatic rings. The number of hydrogen-bond donors (Lipinski definition) is 0. The van der Waals surface area contributed by atoms with Crippen LogP contribution in [-0.4, -0.2) is 21.5 Å². The molecule has 3 nitrogen and oxygen atoms in total. The number of hydrogen-bond acceptors (Lipinski definition) is 2. The maximum Gasteiger partial charge on any atom is 0.124 e. The van der Waals surface area contributed by atoms with Gasteiger partial charge in [-0.05, 0) is 14.0 Å². The molecule has 0 aromatic carbocycles. The first-order valence-corrected chi connectivity index (χ1v) is 3.47. The van der Waals surface area contributed by atoms with Gasteiger partial charge in [0.25, 0.3) is 0 Å². The molecule has 3 heteroatoms. The molecular formula is C7H11N3. The fourth-order valence-corrected chi connectivity index (χ4v) is 1.36. The topological polar surface area (TPSA) is 21.1 Å². The molecule has 54 valence electrons. The maximum absolute atomic E-state index is 4.27. The lowest BCUT2D eigenvalue weighted by Gasteiger charge is -2.04. The number of aromatic nitrogens is 2. The van der Waals surface area contributed by atoms with Crippen LogP contribution >= 0.6 is 0 Å². The lowest BCUT2D eigenvalue weighted by atomic mass is 10.5. The van der Waals surface area contributed by atoms with Crippen molar-refractivity contribution in [2.75, 3.05) is 7.05 Å². The Morgan fingerprint density at radius 2 is 2.40 bits per heavy atom. The monoisotopic (exact) mass is 137 g/mol. The standard InChI is InChI=1S/C7H11N3/c1-6-3-8-7-4-9(2)5-10(6)7/h3H,4-5H2,1-2H3. The molecule has 0 bridgehead atoms. The summed E-state index contributed by atoms with van der Waals surface area (Å²) >= 11 is 0. The van der Waals surface area contributed by atoms with Crippen LogP contribution in [-0.2, 0) is 13.2 Å². The van der Waals surface area contributed by atoms with Gasteiger partial charge in [-0.15, -0.1) is 0 Å². The molecule has 0 amide bonds. The molecule has 0 saturated carbocycles. The van der Waals surface area contributed by atoms with Gasteiger partial charge in [0, 0.05) is 11.9 Å². The van der Waals surface area contributed by atoms with Crippen LogP contribution in [0.4, 0.5) is 0 Å². The van der Waals surface area contributed by atoms with E-state index in [4.69, 9.17) is 0 Å². The first-order valence-electron chi connectivity index (χ1n) is 3.47. The van der Waals surface area contributed by atoms with Crippen molar-refractivity contribution < 1.29 is 0 Å². The lowest BCUT2D eigenvalue weighted by molar-refractivity contribution is 0.315. The smallest absolute Gasteiger partial charge is 0.124 e. The molecular weight excluding hydrogens is 126 g/mol. The Morgan fingerprint density at radius 3 is 3.10 bits per heavy atom. The van der Waals surface area contributed by atoms with Gasteiger partial charge in [-0.25, -0.2) is 4.98 Å². The molecule has 0 unspecified atom stereocenters. The summed E-state index contributed by atoms with van der Waals surface area (Å²) in [6, 6.07) is 0. The zero-order valence-corrected chi connectivity index (χ0v) is 6.33. The number of rotatable bonds is 0. The van der Waals surface area contributed by atoms with E-state index in [1.165, 1.54) is 11.5 Å². The van der Waals surface area contributed by atoms with Gasteiger partial charge < -0.3 is 4.57 Å². The average Bonchev–Trinajstić information content (AvgIpc) is 2.35. The van der Waals surface area contributed by atoms with Gasteiger partial charge >= 0.3 is 0 Å². The van der Waals surface area contributed by atoms with Crippen LogP contribution in [0.2, 0.25) is 0 Å². The molecule has 0 N–H and O–H groups in total. The highest BCUT2D eigenvalue weighted by Gasteiger charge is 2.16. The number of nitrogens with zero attached hydrogens (tertiary/aromatic N) is 3. The third kappa shape index (κ3) is 0.671. The molecule has 2 heterocycles. The molecule has 0 fully saturated rings. The van der Waals surface area contributed by atoms with Crippen molar-refractivity contribution in [2.45, 2.75) is 20.1 Å². The average molecular weight is 137 g/mol. The van der Waals surface area contributed by atoms with Gasteiger partial charge in [0.1, 0.15) is 5.82 Å². The highest BCUT2D eigenvalue weighted by atomic mass is 15.3. The zero-order chi connectivity index (χ0) is 7.14. The Bertz CT molecular complexity index is 251. The molecule has 1 aromatic heterocycles. The van der Waals surface area contributed by atoms with E-state index in [0.717, 1.165) is 13.2 Å². The van der Waals surface area contributed by atoms with Crippen molar-refractivity contribution in [3.8, 4) is 0 Å². The predicted octanol–water partition coefficient (Wildman–Crippen LogP) is 0.594. The maximum atomic E-state index is 4.27. The minimum absolute atomic E-state index is 0.994. The quantitative estimate of drug-likeness (QED) is 0.522.